The Bertz CT molecular complexity index is 448. The first-order valence-corrected chi connectivity index (χ1v) is 6.48. The number of carbonyl (C=O) groups excluding carboxylic acids is 1. The SMILES string of the molecule is CNCC(=O)N(C)Cc1ccc2c(c1)OCCCO2. The van der Waals surface area contributed by atoms with E-state index >= 15 is 0 Å². The van der Waals surface area contributed by atoms with Crippen molar-refractivity contribution in [2.45, 2.75) is 13.0 Å². The lowest BCUT2D eigenvalue weighted by Crippen LogP contribution is -2.33. The highest BCUT2D eigenvalue weighted by atomic mass is 16.5. The molecule has 0 fully saturated rings. The molecule has 1 aliphatic rings. The number of rotatable bonds is 4. The molecule has 0 radical (unpaired) electrons. The summed E-state index contributed by atoms with van der Waals surface area (Å²) < 4.78 is 11.2. The van der Waals surface area contributed by atoms with Gasteiger partial charge in [-0.25, -0.2) is 0 Å². The van der Waals surface area contributed by atoms with Gasteiger partial charge in [-0.05, 0) is 24.7 Å². The summed E-state index contributed by atoms with van der Waals surface area (Å²) in [5.41, 5.74) is 1.04. The molecule has 1 heterocycles. The van der Waals surface area contributed by atoms with Crippen LogP contribution in [0.15, 0.2) is 18.2 Å². The number of nitrogens with one attached hydrogen (secondary N) is 1. The molecule has 1 aromatic rings. The Kier molecular flexibility index (Phi) is 4.63. The number of ether oxygens (including phenoxy) is 2. The first-order valence-electron chi connectivity index (χ1n) is 6.48. The van der Waals surface area contributed by atoms with Gasteiger partial charge in [-0.15, -0.1) is 0 Å². The number of hydrogen-bond acceptors (Lipinski definition) is 4. The number of hydrogen-bond donors (Lipinski definition) is 1. The Morgan fingerprint density at radius 1 is 1.32 bits per heavy atom. The van der Waals surface area contributed by atoms with Gasteiger partial charge in [-0.3, -0.25) is 4.79 Å². The third-order valence-electron chi connectivity index (χ3n) is 2.99. The van der Waals surface area contributed by atoms with E-state index in [-0.39, 0.29) is 5.91 Å². The summed E-state index contributed by atoms with van der Waals surface area (Å²) in [5, 5.41) is 2.86. The average Bonchev–Trinajstić information content (AvgIpc) is 2.63. The molecular weight excluding hydrogens is 244 g/mol. The predicted octanol–water partition coefficient (Wildman–Crippen LogP) is 1.03. The van der Waals surface area contributed by atoms with Crippen molar-refractivity contribution in [3.05, 3.63) is 23.8 Å². The molecular formula is C14H20N2O3. The van der Waals surface area contributed by atoms with Gasteiger partial charge in [0.25, 0.3) is 0 Å². The van der Waals surface area contributed by atoms with Crippen molar-refractivity contribution < 1.29 is 14.3 Å². The Balaban J connectivity index is 2.05. The van der Waals surface area contributed by atoms with Crippen LogP contribution < -0.4 is 14.8 Å². The molecule has 0 unspecified atom stereocenters. The van der Waals surface area contributed by atoms with Gasteiger partial charge in [-0.1, -0.05) is 6.07 Å². The van der Waals surface area contributed by atoms with Crippen LogP contribution in [0.3, 0.4) is 0 Å². The van der Waals surface area contributed by atoms with E-state index < -0.39 is 0 Å². The maximum Gasteiger partial charge on any atom is 0.236 e. The van der Waals surface area contributed by atoms with E-state index in [0.29, 0.717) is 26.3 Å². The number of likely N-dealkylation sites (N-methyl/N-ethyl adjacent to an activating group) is 2. The molecule has 1 amide bonds. The molecule has 0 aromatic heterocycles. The molecule has 19 heavy (non-hydrogen) atoms. The summed E-state index contributed by atoms with van der Waals surface area (Å²) in [6.07, 6.45) is 0.893. The summed E-state index contributed by atoms with van der Waals surface area (Å²) in [7, 11) is 3.56. The second kappa shape index (κ2) is 6.43. The largest absolute Gasteiger partial charge is 0.490 e. The van der Waals surface area contributed by atoms with Gasteiger partial charge in [0.05, 0.1) is 19.8 Å². The van der Waals surface area contributed by atoms with Crippen molar-refractivity contribution >= 4 is 5.91 Å². The van der Waals surface area contributed by atoms with Crippen LogP contribution in [0.1, 0.15) is 12.0 Å². The molecule has 2 rings (SSSR count). The normalized spacial score (nSPS) is 13.8. The van der Waals surface area contributed by atoms with E-state index in [4.69, 9.17) is 9.47 Å². The van der Waals surface area contributed by atoms with E-state index in [1.165, 1.54) is 0 Å². The molecule has 0 spiro atoms. The van der Waals surface area contributed by atoms with E-state index in [2.05, 4.69) is 5.32 Å². The first kappa shape index (κ1) is 13.7. The summed E-state index contributed by atoms with van der Waals surface area (Å²) in [5.74, 6) is 1.62. The summed E-state index contributed by atoms with van der Waals surface area (Å²) in [6.45, 7) is 2.27. The van der Waals surface area contributed by atoms with E-state index in [1.807, 2.05) is 18.2 Å². The van der Waals surface area contributed by atoms with Gasteiger partial charge >= 0.3 is 0 Å². The smallest absolute Gasteiger partial charge is 0.236 e. The minimum atomic E-state index is 0.0645. The van der Waals surface area contributed by atoms with Crippen LogP contribution in [0.4, 0.5) is 0 Å². The minimum absolute atomic E-state index is 0.0645. The fourth-order valence-electron chi connectivity index (χ4n) is 1.95. The van der Waals surface area contributed by atoms with Crippen LogP contribution in [0.25, 0.3) is 0 Å². The second-order valence-corrected chi connectivity index (χ2v) is 4.61. The molecule has 1 aromatic carbocycles. The monoisotopic (exact) mass is 264 g/mol. The number of fused-ring (bicyclic) bond motifs is 1. The van der Waals surface area contributed by atoms with Crippen molar-refractivity contribution in [1.29, 1.82) is 0 Å². The quantitative estimate of drug-likeness (QED) is 0.882. The Morgan fingerprint density at radius 3 is 2.79 bits per heavy atom. The standard InChI is InChI=1S/C14H20N2O3/c1-15-9-14(17)16(2)10-11-4-5-12-13(8-11)19-7-3-6-18-12/h4-5,8,15H,3,6-7,9-10H2,1-2H3. The van der Waals surface area contributed by atoms with Crippen molar-refractivity contribution in [3.8, 4) is 11.5 Å². The summed E-state index contributed by atoms with van der Waals surface area (Å²) >= 11 is 0. The maximum absolute atomic E-state index is 11.7. The van der Waals surface area contributed by atoms with Crippen LogP contribution in [0.2, 0.25) is 0 Å². The fraction of sp³-hybridized carbons (Fsp3) is 0.500. The van der Waals surface area contributed by atoms with Gasteiger partial charge in [0.2, 0.25) is 5.91 Å². The van der Waals surface area contributed by atoms with Gasteiger partial charge in [0.1, 0.15) is 0 Å². The zero-order valence-electron chi connectivity index (χ0n) is 11.4. The number of nitrogens with zero attached hydrogens (tertiary/aromatic N) is 1. The van der Waals surface area contributed by atoms with Gasteiger partial charge < -0.3 is 19.7 Å². The van der Waals surface area contributed by atoms with Crippen LogP contribution in [-0.4, -0.2) is 44.7 Å². The van der Waals surface area contributed by atoms with Crippen LogP contribution in [0.5, 0.6) is 11.5 Å². The minimum Gasteiger partial charge on any atom is -0.490 e. The van der Waals surface area contributed by atoms with Crippen LogP contribution >= 0.6 is 0 Å². The molecule has 0 bridgehead atoms. The summed E-state index contributed by atoms with van der Waals surface area (Å²) in [6, 6.07) is 5.83. The second-order valence-electron chi connectivity index (χ2n) is 4.61. The first-order chi connectivity index (χ1) is 9.20. The Morgan fingerprint density at radius 2 is 2.05 bits per heavy atom. The topological polar surface area (TPSA) is 50.8 Å². The molecule has 0 atom stereocenters. The molecule has 0 saturated carbocycles. The van der Waals surface area contributed by atoms with Crippen molar-refractivity contribution in [3.63, 3.8) is 0 Å². The molecule has 5 nitrogen and oxygen atoms in total. The average molecular weight is 264 g/mol. The Hall–Kier alpha value is -1.75. The lowest BCUT2D eigenvalue weighted by atomic mass is 10.2. The zero-order valence-corrected chi connectivity index (χ0v) is 11.4. The van der Waals surface area contributed by atoms with E-state index in [0.717, 1.165) is 23.5 Å². The van der Waals surface area contributed by atoms with Gasteiger partial charge in [-0.2, -0.15) is 0 Å². The number of amides is 1. The predicted molar refractivity (Wildman–Crippen MR) is 72.4 cm³/mol. The highest BCUT2D eigenvalue weighted by Gasteiger charge is 2.13. The molecule has 0 saturated heterocycles. The lowest BCUT2D eigenvalue weighted by Gasteiger charge is -2.18. The van der Waals surface area contributed by atoms with Gasteiger partial charge in [0, 0.05) is 20.0 Å². The maximum atomic E-state index is 11.7. The highest BCUT2D eigenvalue weighted by molar-refractivity contribution is 5.77. The molecule has 104 valence electrons. The zero-order chi connectivity index (χ0) is 13.7. The van der Waals surface area contributed by atoms with Crippen molar-refractivity contribution in [1.82, 2.24) is 10.2 Å². The Labute approximate surface area is 113 Å². The van der Waals surface area contributed by atoms with Crippen LogP contribution in [-0.2, 0) is 11.3 Å². The van der Waals surface area contributed by atoms with E-state index in [1.54, 1.807) is 19.0 Å². The molecule has 5 heteroatoms. The number of carbonyl (C=O) groups is 1. The molecule has 1 N–H and O–H groups in total. The summed E-state index contributed by atoms with van der Waals surface area (Å²) in [4.78, 5) is 13.4. The third kappa shape index (κ3) is 3.61. The molecule has 0 aliphatic carbocycles. The molecule has 1 aliphatic heterocycles. The van der Waals surface area contributed by atoms with Gasteiger partial charge in [0.15, 0.2) is 11.5 Å². The third-order valence-corrected chi connectivity index (χ3v) is 2.99. The van der Waals surface area contributed by atoms with Crippen LogP contribution in [0, 0.1) is 0 Å². The fourth-order valence-corrected chi connectivity index (χ4v) is 1.95. The van der Waals surface area contributed by atoms with Crippen molar-refractivity contribution in [2.75, 3.05) is 33.9 Å². The number of benzene rings is 1. The van der Waals surface area contributed by atoms with E-state index in [9.17, 15) is 4.79 Å². The lowest BCUT2D eigenvalue weighted by molar-refractivity contribution is -0.129. The highest BCUT2D eigenvalue weighted by Crippen LogP contribution is 2.30. The van der Waals surface area contributed by atoms with Crippen molar-refractivity contribution in [2.24, 2.45) is 0 Å².